The maximum absolute atomic E-state index is 13.6. The minimum Gasteiger partial charge on any atom is -0.385 e. The first-order valence-electron chi connectivity index (χ1n) is 8.23. The Kier molecular flexibility index (Phi) is 5.17. The third kappa shape index (κ3) is 3.60. The molecule has 1 aromatic rings. The lowest BCUT2D eigenvalue weighted by molar-refractivity contribution is -0.118. The molecule has 0 spiro atoms. The van der Waals surface area contributed by atoms with Gasteiger partial charge in [0.2, 0.25) is 0 Å². The van der Waals surface area contributed by atoms with Crippen LogP contribution in [0.5, 0.6) is 0 Å². The Bertz CT molecular complexity index is 824. The van der Waals surface area contributed by atoms with E-state index in [-0.39, 0.29) is 17.5 Å². The zero-order chi connectivity index (χ0) is 20.7. The number of hydrogen-bond acceptors (Lipinski definition) is 4. The van der Waals surface area contributed by atoms with Crippen molar-refractivity contribution in [2.45, 2.75) is 30.6 Å². The molecular formula is C16H17F5N6S. The number of amidine groups is 1. The number of halogens is 5. The predicted molar refractivity (Wildman–Crippen MR) is 97.9 cm³/mol. The second-order valence-electron chi connectivity index (χ2n) is 6.64. The lowest BCUT2D eigenvalue weighted by atomic mass is 9.96. The number of thiocarbonyl (C=S) groups is 1. The van der Waals surface area contributed by atoms with Gasteiger partial charge >= 0.3 is 6.18 Å². The van der Waals surface area contributed by atoms with Crippen molar-refractivity contribution in [2.24, 2.45) is 21.7 Å². The summed E-state index contributed by atoms with van der Waals surface area (Å²) in [4.78, 5) is 5.02. The van der Waals surface area contributed by atoms with Gasteiger partial charge in [0.25, 0.3) is 0 Å². The number of benzene rings is 1. The third-order valence-corrected chi connectivity index (χ3v) is 5.18. The molecule has 1 aliphatic carbocycles. The summed E-state index contributed by atoms with van der Waals surface area (Å²) in [5, 5.41) is 6.54. The first kappa shape index (κ1) is 20.2. The summed E-state index contributed by atoms with van der Waals surface area (Å²) in [5.41, 5.74) is 5.68. The van der Waals surface area contributed by atoms with Crippen molar-refractivity contribution in [2.75, 3.05) is 13.1 Å². The largest absolute Gasteiger partial charge is 0.408 e. The van der Waals surface area contributed by atoms with Gasteiger partial charge in [-0.3, -0.25) is 4.99 Å². The van der Waals surface area contributed by atoms with E-state index in [1.165, 1.54) is 6.21 Å². The highest BCUT2D eigenvalue weighted by Crippen LogP contribution is 2.33. The number of fused-ring (bicyclic) bond motifs is 1. The van der Waals surface area contributed by atoms with Gasteiger partial charge in [0, 0.05) is 6.04 Å². The van der Waals surface area contributed by atoms with Gasteiger partial charge in [-0.15, -0.1) is 0 Å². The second-order valence-corrected chi connectivity index (χ2v) is 7.03. The molecule has 28 heavy (non-hydrogen) atoms. The van der Waals surface area contributed by atoms with Crippen molar-refractivity contribution in [3.63, 3.8) is 0 Å². The third-order valence-electron chi connectivity index (χ3n) is 4.84. The molecule has 3 rings (SSSR count). The Morgan fingerprint density at radius 3 is 2.36 bits per heavy atom. The standard InChI is InChI=1S/C16H17F5N6S/c17-11-3-8-1-10(2-9(8)4-12(11)18)27-14(28)25-5-15(27,6-26-23)13(22)24-7-16(19,20)21/h3-4,6,10H,1-2,5,7,23H2,(H2,22,24)(H,25,28). The lowest BCUT2D eigenvalue weighted by Crippen LogP contribution is -2.61. The minimum atomic E-state index is -4.54. The summed E-state index contributed by atoms with van der Waals surface area (Å²) in [7, 11) is 0. The fraction of sp³-hybridized carbons (Fsp3) is 0.438. The fourth-order valence-electron chi connectivity index (χ4n) is 3.65. The van der Waals surface area contributed by atoms with Crippen LogP contribution in [0.15, 0.2) is 22.2 Å². The van der Waals surface area contributed by atoms with Crippen molar-refractivity contribution in [3.8, 4) is 0 Å². The van der Waals surface area contributed by atoms with E-state index in [9.17, 15) is 22.0 Å². The Morgan fingerprint density at radius 1 is 1.29 bits per heavy atom. The summed E-state index contributed by atoms with van der Waals surface area (Å²) in [6, 6.07) is 1.80. The molecule has 6 nitrogen and oxygen atoms in total. The van der Waals surface area contributed by atoms with Crippen molar-refractivity contribution in [3.05, 3.63) is 34.9 Å². The molecule has 0 aromatic heterocycles. The van der Waals surface area contributed by atoms with Crippen LogP contribution in [0.25, 0.3) is 0 Å². The number of nitrogens with two attached hydrogens (primary N) is 2. The van der Waals surface area contributed by atoms with E-state index in [0.717, 1.165) is 12.1 Å². The molecule has 1 saturated heterocycles. The summed E-state index contributed by atoms with van der Waals surface area (Å²) in [6.45, 7) is -1.46. The quantitative estimate of drug-likeness (QED) is 0.170. The number of hydrogen-bond donors (Lipinski definition) is 3. The summed E-state index contributed by atoms with van der Waals surface area (Å²) in [5.74, 6) is 2.98. The number of nitrogens with zero attached hydrogens (tertiary/aromatic N) is 3. The van der Waals surface area contributed by atoms with E-state index in [0.29, 0.717) is 24.0 Å². The Morgan fingerprint density at radius 2 is 1.86 bits per heavy atom. The highest BCUT2D eigenvalue weighted by molar-refractivity contribution is 7.80. The van der Waals surface area contributed by atoms with Crippen LogP contribution >= 0.6 is 12.2 Å². The Balaban J connectivity index is 1.97. The fourth-order valence-corrected chi connectivity index (χ4v) is 4.03. The van der Waals surface area contributed by atoms with E-state index in [1.807, 2.05) is 0 Å². The molecule has 0 radical (unpaired) electrons. The molecule has 12 heteroatoms. The van der Waals surface area contributed by atoms with Gasteiger partial charge < -0.3 is 21.8 Å². The van der Waals surface area contributed by atoms with Crippen LogP contribution in [-0.2, 0) is 12.8 Å². The van der Waals surface area contributed by atoms with Crippen LogP contribution in [-0.4, -0.2) is 52.9 Å². The number of hydrazone groups is 1. The van der Waals surface area contributed by atoms with Gasteiger partial charge in [-0.25, -0.2) is 8.78 Å². The topological polar surface area (TPSA) is 92.0 Å². The van der Waals surface area contributed by atoms with E-state index < -0.39 is 35.9 Å². The second kappa shape index (κ2) is 7.15. The predicted octanol–water partition coefficient (Wildman–Crippen LogP) is 1.22. The first-order chi connectivity index (χ1) is 13.1. The first-order valence-corrected chi connectivity index (χ1v) is 8.64. The number of nitrogens with one attached hydrogen (secondary N) is 1. The Hall–Kier alpha value is -2.50. The van der Waals surface area contributed by atoms with Crippen LogP contribution < -0.4 is 16.9 Å². The molecule has 1 heterocycles. The van der Waals surface area contributed by atoms with Gasteiger partial charge in [0.05, 0.1) is 12.8 Å². The van der Waals surface area contributed by atoms with E-state index in [1.54, 1.807) is 4.90 Å². The minimum absolute atomic E-state index is 0.00922. The maximum Gasteiger partial charge on any atom is 0.408 e. The molecule has 1 unspecified atom stereocenters. The number of rotatable bonds is 4. The average molecular weight is 420 g/mol. The van der Waals surface area contributed by atoms with E-state index in [4.69, 9.17) is 23.8 Å². The highest BCUT2D eigenvalue weighted by atomic mass is 32.1. The molecule has 2 aliphatic rings. The molecule has 152 valence electrons. The molecule has 1 aliphatic heterocycles. The monoisotopic (exact) mass is 420 g/mol. The molecule has 5 N–H and O–H groups in total. The van der Waals surface area contributed by atoms with Crippen molar-refractivity contribution < 1.29 is 22.0 Å². The van der Waals surface area contributed by atoms with Gasteiger partial charge in [0.1, 0.15) is 12.4 Å². The average Bonchev–Trinajstić information content (AvgIpc) is 3.14. The van der Waals surface area contributed by atoms with Gasteiger partial charge in [0.15, 0.2) is 22.3 Å². The zero-order valence-electron chi connectivity index (χ0n) is 14.4. The molecule has 0 bridgehead atoms. The lowest BCUT2D eigenvalue weighted by Gasteiger charge is -2.38. The van der Waals surface area contributed by atoms with Crippen LogP contribution in [0.3, 0.4) is 0 Å². The zero-order valence-corrected chi connectivity index (χ0v) is 15.2. The summed E-state index contributed by atoms with van der Waals surface area (Å²) < 4.78 is 64.9. The number of aliphatic imine (C=N–C) groups is 1. The SMILES string of the molecule is NN=CC1(C(N)=NCC(F)(F)F)CNC(=S)N1C1Cc2cc(F)c(F)cc2C1. The van der Waals surface area contributed by atoms with Gasteiger partial charge in [-0.05, 0) is 48.3 Å². The normalized spacial score (nSPS) is 23.5. The smallest absolute Gasteiger partial charge is 0.385 e. The summed E-state index contributed by atoms with van der Waals surface area (Å²) >= 11 is 5.31. The maximum atomic E-state index is 13.6. The summed E-state index contributed by atoms with van der Waals surface area (Å²) in [6.07, 6.45) is -2.78. The molecular weight excluding hydrogens is 403 g/mol. The van der Waals surface area contributed by atoms with Crippen LogP contribution in [0.4, 0.5) is 22.0 Å². The molecule has 1 aromatic carbocycles. The van der Waals surface area contributed by atoms with E-state index >= 15 is 0 Å². The molecule has 1 atom stereocenters. The van der Waals surface area contributed by atoms with Crippen molar-refractivity contribution in [1.29, 1.82) is 0 Å². The molecule has 0 amide bonds. The van der Waals surface area contributed by atoms with Crippen LogP contribution in [0.2, 0.25) is 0 Å². The van der Waals surface area contributed by atoms with Gasteiger partial charge in [-0.1, -0.05) is 0 Å². The van der Waals surface area contributed by atoms with E-state index in [2.05, 4.69) is 15.4 Å². The van der Waals surface area contributed by atoms with Crippen molar-refractivity contribution in [1.82, 2.24) is 10.2 Å². The van der Waals surface area contributed by atoms with Crippen molar-refractivity contribution >= 4 is 29.4 Å². The Labute approximate surface area is 162 Å². The van der Waals surface area contributed by atoms with Gasteiger partial charge in [-0.2, -0.15) is 18.3 Å². The van der Waals surface area contributed by atoms with Crippen LogP contribution in [0, 0.1) is 11.6 Å². The number of alkyl halides is 3. The molecule has 1 fully saturated rings. The van der Waals surface area contributed by atoms with Crippen LogP contribution in [0.1, 0.15) is 11.1 Å². The molecule has 0 saturated carbocycles. The highest BCUT2D eigenvalue weighted by Gasteiger charge is 2.50.